The lowest BCUT2D eigenvalue weighted by molar-refractivity contribution is 0.560. The molecule has 0 saturated heterocycles. The summed E-state index contributed by atoms with van der Waals surface area (Å²) in [5, 5.41) is 11.0. The van der Waals surface area contributed by atoms with Crippen molar-refractivity contribution in [1.82, 2.24) is 5.43 Å². The van der Waals surface area contributed by atoms with Crippen LogP contribution >= 0.6 is 0 Å². The number of diazo groups is 1. The third kappa shape index (κ3) is 11.2. The molecule has 0 aliphatic rings. The highest BCUT2D eigenvalue weighted by Gasteiger charge is 1.93. The summed E-state index contributed by atoms with van der Waals surface area (Å²) in [6.07, 6.45) is 11.9. The van der Waals surface area contributed by atoms with Gasteiger partial charge in [-0.25, -0.2) is 0 Å². The summed E-state index contributed by atoms with van der Waals surface area (Å²) in [7, 11) is 0. The van der Waals surface area contributed by atoms with Gasteiger partial charge in [0, 0.05) is 0 Å². The average molecular weight is 198 g/mol. The minimum absolute atomic E-state index is 0.798. The molecule has 1 N–H and O–H groups in total. The number of nitrogens with one attached hydrogen (secondary N) is 1. The second kappa shape index (κ2) is 12.2. The van der Waals surface area contributed by atoms with Gasteiger partial charge in [0.25, 0.3) is 5.39 Å². The van der Waals surface area contributed by atoms with Crippen molar-refractivity contribution in [1.29, 1.82) is 5.39 Å². The molecule has 0 atom stereocenters. The molecule has 0 rings (SSSR count). The fraction of sp³-hybridized carbons (Fsp3) is 1.00. The molecule has 0 aliphatic heterocycles. The molecule has 0 radical (unpaired) electrons. The monoisotopic (exact) mass is 198 g/mol. The third-order valence-electron chi connectivity index (χ3n) is 2.46. The Hall–Kier alpha value is -0.780. The number of hydrogen-bond acceptors (Lipinski definition) is 2. The van der Waals surface area contributed by atoms with E-state index in [0.29, 0.717) is 0 Å². The van der Waals surface area contributed by atoms with Crippen LogP contribution in [-0.4, -0.2) is 6.54 Å². The zero-order valence-corrected chi connectivity index (χ0v) is 9.47. The molecule has 0 amide bonds. The number of unbranched alkanes of at least 4 members (excludes halogenated alkanes) is 8. The predicted molar refractivity (Wildman–Crippen MR) is 60.3 cm³/mol. The SMILES string of the molecule is CCCCCCCCCCCN[N+]#N. The van der Waals surface area contributed by atoms with E-state index in [1.54, 1.807) is 0 Å². The average Bonchev–Trinajstić information content (AvgIpc) is 2.21. The number of nitrogens with zero attached hydrogens (tertiary/aromatic N) is 2. The molecule has 0 bridgehead atoms. The molecule has 0 heterocycles. The summed E-state index contributed by atoms with van der Waals surface area (Å²) >= 11 is 0. The molecule has 0 spiro atoms. The van der Waals surface area contributed by atoms with Gasteiger partial charge in [-0.1, -0.05) is 58.3 Å². The molecular formula is C11H24N3+. The number of rotatable bonds is 10. The highest BCUT2D eigenvalue weighted by molar-refractivity contribution is 4.49. The molecule has 3 nitrogen and oxygen atoms in total. The van der Waals surface area contributed by atoms with Gasteiger partial charge < -0.3 is 0 Å². The van der Waals surface area contributed by atoms with E-state index in [-0.39, 0.29) is 0 Å². The molecule has 14 heavy (non-hydrogen) atoms. The molecule has 0 unspecified atom stereocenters. The summed E-state index contributed by atoms with van der Waals surface area (Å²) in [4.78, 5) is 0. The Bertz CT molecular complexity index is 140. The largest absolute Gasteiger partial charge is 0.302 e. The second-order valence-corrected chi connectivity index (χ2v) is 3.84. The van der Waals surface area contributed by atoms with Crippen molar-refractivity contribution in [2.24, 2.45) is 0 Å². The van der Waals surface area contributed by atoms with Crippen LogP contribution in [0.25, 0.3) is 5.08 Å². The Morgan fingerprint density at radius 2 is 1.36 bits per heavy atom. The van der Waals surface area contributed by atoms with Gasteiger partial charge >= 0.3 is 5.08 Å². The van der Waals surface area contributed by atoms with Crippen molar-refractivity contribution in [2.45, 2.75) is 64.7 Å². The lowest BCUT2D eigenvalue weighted by Gasteiger charge is -1.99. The molecule has 0 aromatic heterocycles. The van der Waals surface area contributed by atoms with Crippen LogP contribution in [0, 0.1) is 5.39 Å². The summed E-state index contributed by atoms with van der Waals surface area (Å²) < 4.78 is 0. The van der Waals surface area contributed by atoms with Gasteiger partial charge in [-0.3, -0.25) is 0 Å². The van der Waals surface area contributed by atoms with E-state index in [9.17, 15) is 0 Å². The molecular weight excluding hydrogens is 174 g/mol. The first kappa shape index (κ1) is 13.2. The Balaban J connectivity index is 2.82. The molecule has 0 aromatic rings. The van der Waals surface area contributed by atoms with E-state index in [2.05, 4.69) is 17.4 Å². The van der Waals surface area contributed by atoms with Crippen molar-refractivity contribution in [3.63, 3.8) is 0 Å². The highest BCUT2D eigenvalue weighted by atomic mass is 15.3. The van der Waals surface area contributed by atoms with Crippen LogP contribution in [0.2, 0.25) is 0 Å². The summed E-state index contributed by atoms with van der Waals surface area (Å²) in [5.41, 5.74) is 2.55. The van der Waals surface area contributed by atoms with Gasteiger partial charge in [0.15, 0.2) is 0 Å². The zero-order valence-electron chi connectivity index (χ0n) is 9.47. The van der Waals surface area contributed by atoms with Crippen molar-refractivity contribution < 1.29 is 0 Å². The van der Waals surface area contributed by atoms with E-state index in [1.165, 1.54) is 51.4 Å². The van der Waals surface area contributed by atoms with E-state index in [0.717, 1.165) is 13.0 Å². The summed E-state index contributed by atoms with van der Waals surface area (Å²) in [5.74, 6) is 0. The van der Waals surface area contributed by atoms with Gasteiger partial charge in [-0.15, -0.1) is 0 Å². The molecule has 82 valence electrons. The van der Waals surface area contributed by atoms with E-state index >= 15 is 0 Å². The Morgan fingerprint density at radius 1 is 0.857 bits per heavy atom. The topological polar surface area (TPSA) is 40.2 Å². The second-order valence-electron chi connectivity index (χ2n) is 3.84. The van der Waals surface area contributed by atoms with Crippen molar-refractivity contribution in [3.8, 4) is 0 Å². The van der Waals surface area contributed by atoms with Gasteiger partial charge in [0.05, 0.1) is 6.54 Å². The van der Waals surface area contributed by atoms with E-state index in [4.69, 9.17) is 5.39 Å². The first-order valence-corrected chi connectivity index (χ1v) is 5.98. The van der Waals surface area contributed by atoms with Crippen LogP contribution in [0.1, 0.15) is 64.7 Å². The fourth-order valence-electron chi connectivity index (χ4n) is 1.56. The summed E-state index contributed by atoms with van der Waals surface area (Å²) in [6.45, 7) is 3.05. The van der Waals surface area contributed by atoms with E-state index < -0.39 is 0 Å². The van der Waals surface area contributed by atoms with Gasteiger partial charge in [-0.2, -0.15) is 0 Å². The lowest BCUT2D eigenvalue weighted by atomic mass is 10.1. The zero-order chi connectivity index (χ0) is 10.5. The van der Waals surface area contributed by atoms with Crippen molar-refractivity contribution >= 4 is 0 Å². The molecule has 0 aromatic carbocycles. The maximum atomic E-state index is 8.10. The minimum atomic E-state index is 0.798. The molecule has 3 heteroatoms. The Kier molecular flexibility index (Phi) is 11.5. The summed E-state index contributed by atoms with van der Waals surface area (Å²) in [6, 6.07) is 0. The van der Waals surface area contributed by atoms with Crippen LogP contribution in [0.3, 0.4) is 0 Å². The quantitative estimate of drug-likeness (QED) is 0.329. The maximum Gasteiger partial charge on any atom is 0.302 e. The third-order valence-corrected chi connectivity index (χ3v) is 2.46. The normalized spacial score (nSPS) is 9.71. The maximum absolute atomic E-state index is 8.10. The minimum Gasteiger partial charge on any atom is -0.0654 e. The molecule has 0 fully saturated rings. The van der Waals surface area contributed by atoms with Crippen LogP contribution < -0.4 is 5.43 Å². The lowest BCUT2D eigenvalue weighted by Crippen LogP contribution is -2.03. The molecule has 0 aliphatic carbocycles. The highest BCUT2D eigenvalue weighted by Crippen LogP contribution is 2.08. The standard InChI is InChI=1S/C11H24N3/c1-2-3-4-5-6-7-8-9-10-11-13-14-12/h13H,2-11H2,1H3/q+1. The smallest absolute Gasteiger partial charge is 0.0654 e. The van der Waals surface area contributed by atoms with Crippen LogP contribution in [0.4, 0.5) is 0 Å². The first-order valence-electron chi connectivity index (χ1n) is 5.98. The van der Waals surface area contributed by atoms with Crippen molar-refractivity contribution in [2.75, 3.05) is 6.54 Å². The van der Waals surface area contributed by atoms with Gasteiger partial charge in [-0.05, 0) is 11.8 Å². The van der Waals surface area contributed by atoms with Gasteiger partial charge in [0.2, 0.25) is 0 Å². The van der Waals surface area contributed by atoms with Crippen LogP contribution in [-0.2, 0) is 0 Å². The Morgan fingerprint density at radius 3 is 1.86 bits per heavy atom. The number of hydrogen-bond donors (Lipinski definition) is 1. The van der Waals surface area contributed by atoms with Gasteiger partial charge in [0.1, 0.15) is 0 Å². The van der Waals surface area contributed by atoms with E-state index in [1.807, 2.05) is 0 Å². The Labute approximate surface area is 87.9 Å². The van der Waals surface area contributed by atoms with Crippen molar-refractivity contribution in [3.05, 3.63) is 5.08 Å². The van der Waals surface area contributed by atoms with Crippen LogP contribution in [0.5, 0.6) is 0 Å². The fourth-order valence-corrected chi connectivity index (χ4v) is 1.56. The first-order chi connectivity index (χ1) is 6.91. The van der Waals surface area contributed by atoms with Crippen LogP contribution in [0.15, 0.2) is 0 Å². The predicted octanol–water partition coefficient (Wildman–Crippen LogP) is 3.87. The molecule has 0 saturated carbocycles.